The van der Waals surface area contributed by atoms with E-state index in [9.17, 15) is 29.4 Å². The molecule has 0 fully saturated rings. The van der Waals surface area contributed by atoms with Gasteiger partial charge in [0.2, 0.25) is 0 Å². The first-order valence-electron chi connectivity index (χ1n) is 4.35. The van der Waals surface area contributed by atoms with Crippen LogP contribution >= 0.6 is 0 Å². The first-order valence-corrected chi connectivity index (χ1v) is 4.35. The molecule has 0 radical (unpaired) electrons. The summed E-state index contributed by atoms with van der Waals surface area (Å²) in [6.45, 7) is 0. The fraction of sp³-hybridized carbons (Fsp3) is 0.500. The van der Waals surface area contributed by atoms with Crippen molar-refractivity contribution >= 4 is 23.9 Å². The van der Waals surface area contributed by atoms with E-state index in [0.29, 0.717) is 0 Å². The van der Waals surface area contributed by atoms with E-state index in [1.165, 1.54) is 0 Å². The standard InChI is InChI=1S/C8H11NO8.2Na/c10-5(11)1-3(7(14)15)9-4(8(16)17)2-6(12)13;;/h3-4,9H,1-2H2,(H,10,11)(H,12,13)(H,14,15)(H,16,17);;/q;2*+1/p-2. The van der Waals surface area contributed by atoms with E-state index in [1.54, 1.807) is 0 Å². The van der Waals surface area contributed by atoms with Gasteiger partial charge in [0.05, 0.1) is 18.4 Å². The third-order valence-electron chi connectivity index (χ3n) is 1.73. The number of carboxylic acids is 4. The monoisotopic (exact) mass is 293 g/mol. The van der Waals surface area contributed by atoms with Crippen molar-refractivity contribution in [3.63, 3.8) is 0 Å². The smallest absolute Gasteiger partial charge is 0.550 e. The minimum atomic E-state index is -1.86. The Morgan fingerprint density at radius 3 is 1.68 bits per heavy atom. The minimum Gasteiger partial charge on any atom is -0.550 e. The molecule has 0 saturated carbocycles. The quantitative estimate of drug-likeness (QED) is 0.368. The predicted octanol–water partition coefficient (Wildman–Crippen LogP) is -10.2. The zero-order valence-corrected chi connectivity index (χ0v) is 14.4. The van der Waals surface area contributed by atoms with Crippen LogP contribution in [-0.4, -0.2) is 46.2 Å². The normalized spacial score (nSPS) is 12.2. The van der Waals surface area contributed by atoms with Crippen LogP contribution in [0.3, 0.4) is 0 Å². The molecule has 0 saturated heterocycles. The molecular weight excluding hydrogens is 284 g/mol. The molecule has 11 heteroatoms. The average Bonchev–Trinajstić information content (AvgIpc) is 2.13. The Kier molecular flexibility index (Phi) is 14.7. The van der Waals surface area contributed by atoms with E-state index < -0.39 is 48.8 Å². The average molecular weight is 293 g/mol. The Labute approximate surface area is 151 Å². The number of carbonyl (C=O) groups is 4. The Morgan fingerprint density at radius 2 is 1.42 bits per heavy atom. The largest absolute Gasteiger partial charge is 1.00 e. The molecular formula is C8H9NNa2O8. The summed E-state index contributed by atoms with van der Waals surface area (Å²) >= 11 is 0. The number of carboxylic acid groups (broad SMARTS) is 4. The number of rotatable bonds is 8. The molecule has 19 heavy (non-hydrogen) atoms. The summed E-state index contributed by atoms with van der Waals surface area (Å²) < 4.78 is 0. The Morgan fingerprint density at radius 1 is 0.947 bits per heavy atom. The molecule has 0 aliphatic rings. The molecule has 0 bridgehead atoms. The second kappa shape index (κ2) is 11.6. The van der Waals surface area contributed by atoms with Crippen molar-refractivity contribution in [1.29, 1.82) is 0 Å². The van der Waals surface area contributed by atoms with Gasteiger partial charge in [-0.3, -0.25) is 14.9 Å². The molecule has 3 N–H and O–H groups in total. The molecule has 0 aliphatic heterocycles. The molecule has 0 rings (SSSR count). The third kappa shape index (κ3) is 11.4. The van der Waals surface area contributed by atoms with E-state index in [-0.39, 0.29) is 59.1 Å². The van der Waals surface area contributed by atoms with Gasteiger partial charge >= 0.3 is 71.1 Å². The van der Waals surface area contributed by atoms with Crippen molar-refractivity contribution in [2.45, 2.75) is 24.9 Å². The Balaban J connectivity index is -0.00000128. The number of hydrogen-bond acceptors (Lipinski definition) is 7. The molecule has 2 atom stereocenters. The first kappa shape index (κ1) is 23.9. The number of nitrogens with one attached hydrogen (secondary N) is 1. The van der Waals surface area contributed by atoms with Gasteiger partial charge < -0.3 is 30.0 Å². The van der Waals surface area contributed by atoms with E-state index in [1.807, 2.05) is 5.32 Å². The molecule has 0 aromatic rings. The van der Waals surface area contributed by atoms with Crippen LogP contribution in [0, 0.1) is 0 Å². The molecule has 0 aromatic carbocycles. The topological polar surface area (TPSA) is 167 Å². The van der Waals surface area contributed by atoms with Crippen LogP contribution < -0.4 is 74.6 Å². The van der Waals surface area contributed by atoms with E-state index >= 15 is 0 Å². The van der Waals surface area contributed by atoms with Gasteiger partial charge in [-0.05, 0) is 0 Å². The van der Waals surface area contributed by atoms with E-state index in [0.717, 1.165) is 0 Å². The zero-order chi connectivity index (χ0) is 13.6. The summed E-state index contributed by atoms with van der Waals surface area (Å²) in [5.41, 5.74) is 0. The summed E-state index contributed by atoms with van der Waals surface area (Å²) in [7, 11) is 0. The van der Waals surface area contributed by atoms with Crippen LogP contribution in [0.15, 0.2) is 0 Å². The maximum absolute atomic E-state index is 10.6. The van der Waals surface area contributed by atoms with Crippen molar-refractivity contribution in [3.8, 4) is 0 Å². The summed E-state index contributed by atoms with van der Waals surface area (Å²) in [6.07, 6.45) is -1.92. The zero-order valence-electron chi connectivity index (χ0n) is 10.4. The fourth-order valence-electron chi connectivity index (χ4n) is 1.01. The maximum atomic E-state index is 10.6. The van der Waals surface area contributed by atoms with Crippen LogP contribution in [0.1, 0.15) is 12.8 Å². The maximum Gasteiger partial charge on any atom is 1.00 e. The molecule has 2 unspecified atom stereocenters. The van der Waals surface area contributed by atoms with Crippen molar-refractivity contribution < 1.29 is 98.7 Å². The van der Waals surface area contributed by atoms with Gasteiger partial charge in [0.15, 0.2) is 0 Å². The van der Waals surface area contributed by atoms with Gasteiger partial charge in [-0.25, -0.2) is 0 Å². The summed E-state index contributed by atoms with van der Waals surface area (Å²) in [4.78, 5) is 41.5. The van der Waals surface area contributed by atoms with Crippen LogP contribution in [-0.2, 0) is 19.2 Å². The van der Waals surface area contributed by atoms with Crippen molar-refractivity contribution in [2.75, 3.05) is 0 Å². The van der Waals surface area contributed by atoms with Crippen LogP contribution in [0.25, 0.3) is 0 Å². The van der Waals surface area contributed by atoms with Crippen LogP contribution in [0.4, 0.5) is 0 Å². The van der Waals surface area contributed by atoms with Crippen LogP contribution in [0.5, 0.6) is 0 Å². The van der Waals surface area contributed by atoms with Crippen molar-refractivity contribution in [2.24, 2.45) is 0 Å². The van der Waals surface area contributed by atoms with Crippen LogP contribution in [0.2, 0.25) is 0 Å². The molecule has 0 aromatic heterocycles. The van der Waals surface area contributed by atoms with Crippen molar-refractivity contribution in [1.82, 2.24) is 5.32 Å². The fourth-order valence-corrected chi connectivity index (χ4v) is 1.01. The van der Waals surface area contributed by atoms with Gasteiger partial charge in [-0.2, -0.15) is 0 Å². The Hall–Kier alpha value is -0.160. The first-order chi connectivity index (χ1) is 7.73. The van der Waals surface area contributed by atoms with E-state index in [4.69, 9.17) is 10.2 Å². The Bertz CT molecular complexity index is 316. The summed E-state index contributed by atoms with van der Waals surface area (Å²) in [5, 5.41) is 39.5. The molecule has 0 amide bonds. The minimum absolute atomic E-state index is 0. The molecule has 96 valence electrons. The van der Waals surface area contributed by atoms with Gasteiger partial charge in [0, 0.05) is 12.4 Å². The number of carbonyl (C=O) groups excluding carboxylic acids is 2. The number of hydrogen-bond donors (Lipinski definition) is 3. The SMILES string of the molecule is O=C([O-])CC(NC(CC(=O)O)C(=O)O)C(=O)[O-].[Na+].[Na+]. The molecule has 0 aliphatic carbocycles. The summed E-state index contributed by atoms with van der Waals surface area (Å²) in [6, 6.07) is -3.56. The molecule has 0 spiro atoms. The van der Waals surface area contributed by atoms with Gasteiger partial charge in [0.25, 0.3) is 0 Å². The van der Waals surface area contributed by atoms with Gasteiger partial charge in [-0.1, -0.05) is 0 Å². The third-order valence-corrected chi connectivity index (χ3v) is 1.73. The second-order valence-electron chi connectivity index (χ2n) is 3.10. The number of aliphatic carboxylic acids is 4. The van der Waals surface area contributed by atoms with Crippen molar-refractivity contribution in [3.05, 3.63) is 0 Å². The van der Waals surface area contributed by atoms with Gasteiger partial charge in [0.1, 0.15) is 6.04 Å². The van der Waals surface area contributed by atoms with Gasteiger partial charge in [-0.15, -0.1) is 0 Å². The second-order valence-corrected chi connectivity index (χ2v) is 3.10. The molecule has 9 nitrogen and oxygen atoms in total. The van der Waals surface area contributed by atoms with E-state index in [2.05, 4.69) is 0 Å². The summed E-state index contributed by atoms with van der Waals surface area (Å²) in [5.74, 6) is -6.68. The molecule has 0 heterocycles. The predicted molar refractivity (Wildman–Crippen MR) is 45.2 cm³/mol.